The van der Waals surface area contributed by atoms with Crippen molar-refractivity contribution in [1.82, 2.24) is 14.8 Å². The second kappa shape index (κ2) is 9.36. The number of rotatable bonds is 5. The first-order valence-electron chi connectivity index (χ1n) is 10.7. The maximum absolute atomic E-state index is 14.2. The molecule has 0 saturated heterocycles. The van der Waals surface area contributed by atoms with E-state index in [-0.39, 0.29) is 17.2 Å². The Morgan fingerprint density at radius 2 is 1.86 bits per heavy atom. The Morgan fingerprint density at radius 3 is 2.42 bits per heavy atom. The molecule has 13 heteroatoms. The molecule has 4 rings (SSSR count). The minimum absolute atomic E-state index is 0.0158. The van der Waals surface area contributed by atoms with Crippen LogP contribution in [-0.2, 0) is 17.0 Å². The van der Waals surface area contributed by atoms with E-state index in [2.05, 4.69) is 20.6 Å². The van der Waals surface area contributed by atoms with E-state index >= 15 is 0 Å². The van der Waals surface area contributed by atoms with Gasteiger partial charge in [-0.3, -0.25) is 10.1 Å². The fourth-order valence-electron chi connectivity index (χ4n) is 3.89. The predicted octanol–water partition coefficient (Wildman–Crippen LogP) is 6.20. The second-order valence-corrected chi connectivity index (χ2v) is 8.98. The lowest BCUT2D eigenvalue weighted by atomic mass is 9.86. The maximum atomic E-state index is 14.2. The molecule has 0 aliphatic carbocycles. The normalized spacial score (nSPS) is 17.6. The minimum Gasteiger partial charge on any atom is -0.374 e. The van der Waals surface area contributed by atoms with Crippen LogP contribution < -0.4 is 5.32 Å². The summed E-state index contributed by atoms with van der Waals surface area (Å²) in [6.45, 7) is 5.86. The standard InChI is InChI=1S/C23H19Cl2F4N5O2/c1-4-34-12(3)30-21(32-34)31-20(35)15-6-5-13(7-11(15)2)18-10-22(36-33-18,23(27,28)29)14-8-16(24)19(26)17(25)9-14/h5-9H,4,10H2,1-3H3,(H,31,32,35). The fourth-order valence-corrected chi connectivity index (χ4v) is 4.37. The average molecular weight is 544 g/mol. The van der Waals surface area contributed by atoms with Gasteiger partial charge in [-0.2, -0.15) is 18.2 Å². The molecule has 7 nitrogen and oxygen atoms in total. The lowest BCUT2D eigenvalue weighted by Crippen LogP contribution is -2.42. The second-order valence-electron chi connectivity index (χ2n) is 8.17. The Labute approximate surface area is 213 Å². The number of hydrogen-bond donors (Lipinski definition) is 1. The van der Waals surface area contributed by atoms with Crippen molar-refractivity contribution >= 4 is 40.8 Å². The summed E-state index contributed by atoms with van der Waals surface area (Å²) in [5.41, 5.74) is -2.32. The Hall–Kier alpha value is -3.18. The summed E-state index contributed by atoms with van der Waals surface area (Å²) in [6, 6.07) is 6.10. The summed E-state index contributed by atoms with van der Waals surface area (Å²) in [5.74, 6) is -0.731. The number of anilines is 1. The van der Waals surface area contributed by atoms with Crippen molar-refractivity contribution in [2.45, 2.75) is 45.5 Å². The van der Waals surface area contributed by atoms with Crippen molar-refractivity contribution in [2.75, 3.05) is 5.32 Å². The van der Waals surface area contributed by atoms with Crippen molar-refractivity contribution in [3.63, 3.8) is 0 Å². The zero-order chi connectivity index (χ0) is 26.4. The fraction of sp³-hybridized carbons (Fsp3) is 0.304. The molecule has 1 atom stereocenters. The van der Waals surface area contributed by atoms with Gasteiger partial charge in [0, 0.05) is 24.1 Å². The molecule has 36 heavy (non-hydrogen) atoms. The molecule has 0 spiro atoms. The molecule has 1 amide bonds. The minimum atomic E-state index is -4.93. The van der Waals surface area contributed by atoms with E-state index in [0.29, 0.717) is 23.5 Å². The van der Waals surface area contributed by atoms with E-state index in [0.717, 1.165) is 12.1 Å². The van der Waals surface area contributed by atoms with Crippen LogP contribution in [0.4, 0.5) is 23.5 Å². The first-order valence-corrected chi connectivity index (χ1v) is 11.4. The molecule has 2 heterocycles. The highest BCUT2D eigenvalue weighted by atomic mass is 35.5. The number of nitrogens with one attached hydrogen (secondary N) is 1. The zero-order valence-corrected chi connectivity index (χ0v) is 20.7. The van der Waals surface area contributed by atoms with Gasteiger partial charge in [0.05, 0.1) is 15.8 Å². The maximum Gasteiger partial charge on any atom is 0.435 e. The van der Waals surface area contributed by atoms with Crippen LogP contribution in [0.2, 0.25) is 10.0 Å². The van der Waals surface area contributed by atoms with Gasteiger partial charge in [-0.1, -0.05) is 34.4 Å². The van der Waals surface area contributed by atoms with E-state index in [4.69, 9.17) is 28.0 Å². The van der Waals surface area contributed by atoms with E-state index in [1.54, 1.807) is 18.5 Å². The Bertz CT molecular complexity index is 1370. The molecule has 0 fully saturated rings. The Morgan fingerprint density at radius 1 is 1.19 bits per heavy atom. The number of alkyl halides is 3. The molecule has 0 bridgehead atoms. The van der Waals surface area contributed by atoms with Crippen LogP contribution in [0.5, 0.6) is 0 Å². The monoisotopic (exact) mass is 543 g/mol. The van der Waals surface area contributed by atoms with Crippen molar-refractivity contribution in [3.05, 3.63) is 74.3 Å². The van der Waals surface area contributed by atoms with Crippen LogP contribution in [0, 0.1) is 19.7 Å². The van der Waals surface area contributed by atoms with Gasteiger partial charge < -0.3 is 4.84 Å². The largest absolute Gasteiger partial charge is 0.435 e. The summed E-state index contributed by atoms with van der Waals surface area (Å²) >= 11 is 11.5. The Balaban J connectivity index is 1.60. The van der Waals surface area contributed by atoms with Gasteiger partial charge in [0.15, 0.2) is 5.82 Å². The van der Waals surface area contributed by atoms with Crippen LogP contribution in [0.3, 0.4) is 0 Å². The van der Waals surface area contributed by atoms with Crippen LogP contribution in [-0.4, -0.2) is 32.6 Å². The molecular weight excluding hydrogens is 525 g/mol. The molecule has 1 N–H and O–H groups in total. The molecule has 1 aliphatic heterocycles. The number of carbonyl (C=O) groups excluding carboxylic acids is 1. The first-order chi connectivity index (χ1) is 16.9. The SMILES string of the molecule is CCn1nc(NC(=O)c2ccc(C3=NOC(c4cc(Cl)c(F)c(Cl)c4)(C(F)(F)F)C3)cc2C)nc1C. The van der Waals surface area contributed by atoms with Crippen LogP contribution in [0.1, 0.15) is 46.2 Å². The third-order valence-electron chi connectivity index (χ3n) is 5.82. The van der Waals surface area contributed by atoms with Crippen LogP contribution >= 0.6 is 23.2 Å². The lowest BCUT2D eigenvalue weighted by Gasteiger charge is -2.29. The highest BCUT2D eigenvalue weighted by Gasteiger charge is 2.62. The van der Waals surface area contributed by atoms with Crippen molar-refractivity contribution in [2.24, 2.45) is 5.16 Å². The highest BCUT2D eigenvalue weighted by molar-refractivity contribution is 6.35. The Kier molecular flexibility index (Phi) is 6.74. The molecule has 2 aromatic carbocycles. The summed E-state index contributed by atoms with van der Waals surface area (Å²) in [6.07, 6.45) is -5.64. The van der Waals surface area contributed by atoms with Gasteiger partial charge in [0.1, 0.15) is 5.82 Å². The van der Waals surface area contributed by atoms with Crippen molar-refractivity contribution in [1.29, 1.82) is 0 Å². The quantitative estimate of drug-likeness (QED) is 0.307. The topological polar surface area (TPSA) is 81.4 Å². The van der Waals surface area contributed by atoms with Crippen LogP contribution in [0.25, 0.3) is 0 Å². The van der Waals surface area contributed by atoms with Crippen molar-refractivity contribution in [3.8, 4) is 0 Å². The molecule has 1 aromatic heterocycles. The summed E-state index contributed by atoms with van der Waals surface area (Å²) in [4.78, 5) is 21.9. The van der Waals surface area contributed by atoms with E-state index in [1.807, 2.05) is 6.92 Å². The molecule has 0 radical (unpaired) electrons. The average Bonchev–Trinajstić information content (AvgIpc) is 3.41. The zero-order valence-electron chi connectivity index (χ0n) is 19.2. The molecule has 1 unspecified atom stereocenters. The van der Waals surface area contributed by atoms with Gasteiger partial charge in [-0.05, 0) is 56.2 Å². The third kappa shape index (κ3) is 4.53. The van der Waals surface area contributed by atoms with E-state index in [9.17, 15) is 22.4 Å². The number of benzene rings is 2. The van der Waals surface area contributed by atoms with Crippen molar-refractivity contribution < 1.29 is 27.2 Å². The van der Waals surface area contributed by atoms with Gasteiger partial charge in [-0.15, -0.1) is 5.10 Å². The number of oxime groups is 1. The van der Waals surface area contributed by atoms with E-state index in [1.165, 1.54) is 18.2 Å². The smallest absolute Gasteiger partial charge is 0.374 e. The third-order valence-corrected chi connectivity index (χ3v) is 6.37. The number of carbonyl (C=O) groups is 1. The summed E-state index contributed by atoms with van der Waals surface area (Å²) in [5, 5.41) is 9.33. The summed E-state index contributed by atoms with van der Waals surface area (Å²) in [7, 11) is 0. The van der Waals surface area contributed by atoms with Crippen LogP contribution in [0.15, 0.2) is 35.5 Å². The number of aryl methyl sites for hydroxylation is 3. The molecule has 1 aliphatic rings. The number of aromatic nitrogens is 3. The predicted molar refractivity (Wildman–Crippen MR) is 126 cm³/mol. The number of nitrogens with zero attached hydrogens (tertiary/aromatic N) is 4. The van der Waals surface area contributed by atoms with Gasteiger partial charge in [0.25, 0.3) is 11.5 Å². The van der Waals surface area contributed by atoms with E-state index < -0.39 is 45.5 Å². The summed E-state index contributed by atoms with van der Waals surface area (Å²) < 4.78 is 58.1. The lowest BCUT2D eigenvalue weighted by molar-refractivity contribution is -0.275. The first kappa shape index (κ1) is 25.9. The number of amides is 1. The number of hydrogen-bond acceptors (Lipinski definition) is 5. The molecular formula is C23H19Cl2F4N5O2. The number of halogens is 6. The molecule has 0 saturated carbocycles. The molecule has 3 aromatic rings. The van der Waals surface area contributed by atoms with Gasteiger partial charge in [0.2, 0.25) is 5.95 Å². The highest BCUT2D eigenvalue weighted by Crippen LogP contribution is 2.50. The van der Waals surface area contributed by atoms with Gasteiger partial charge in [-0.25, -0.2) is 9.07 Å². The van der Waals surface area contributed by atoms with Gasteiger partial charge >= 0.3 is 6.18 Å². The molecule has 190 valence electrons.